The maximum absolute atomic E-state index is 12.2. The van der Waals surface area contributed by atoms with Crippen LogP contribution in [0.25, 0.3) is 0 Å². The van der Waals surface area contributed by atoms with Gasteiger partial charge in [-0.05, 0) is 62.4 Å². The van der Waals surface area contributed by atoms with E-state index in [-0.39, 0.29) is 24.9 Å². The van der Waals surface area contributed by atoms with Crippen LogP contribution in [-0.4, -0.2) is 36.9 Å². The van der Waals surface area contributed by atoms with E-state index >= 15 is 0 Å². The number of nitrogens with one attached hydrogen (secondary N) is 2. The fourth-order valence-corrected chi connectivity index (χ4v) is 2.45. The maximum atomic E-state index is 12.2. The van der Waals surface area contributed by atoms with Crippen molar-refractivity contribution in [2.45, 2.75) is 13.8 Å². The van der Waals surface area contributed by atoms with Gasteiger partial charge in [0.15, 0.2) is 0 Å². The number of nitrogens with zero attached hydrogens (tertiary/aromatic N) is 2. The summed E-state index contributed by atoms with van der Waals surface area (Å²) < 4.78 is 0. The Balaban J connectivity index is 1.84. The number of carbonyl (C=O) groups excluding carboxylic acids is 2. The Morgan fingerprint density at radius 3 is 2.23 bits per heavy atom. The van der Waals surface area contributed by atoms with E-state index in [4.69, 9.17) is 5.26 Å². The van der Waals surface area contributed by atoms with Crippen molar-refractivity contribution >= 4 is 23.2 Å². The first-order chi connectivity index (χ1) is 12.4. The molecule has 26 heavy (non-hydrogen) atoms. The van der Waals surface area contributed by atoms with Gasteiger partial charge < -0.3 is 10.6 Å². The molecule has 2 aromatic carbocycles. The molecule has 0 fully saturated rings. The van der Waals surface area contributed by atoms with Gasteiger partial charge in [0.05, 0.1) is 24.7 Å². The lowest BCUT2D eigenvalue weighted by molar-refractivity contribution is -0.119. The van der Waals surface area contributed by atoms with Crippen LogP contribution in [0, 0.1) is 25.2 Å². The van der Waals surface area contributed by atoms with Crippen molar-refractivity contribution in [3.8, 4) is 6.07 Å². The van der Waals surface area contributed by atoms with E-state index in [1.807, 2.05) is 38.1 Å². The summed E-state index contributed by atoms with van der Waals surface area (Å²) in [5.41, 5.74) is 4.07. The predicted molar refractivity (Wildman–Crippen MR) is 102 cm³/mol. The van der Waals surface area contributed by atoms with Crippen LogP contribution < -0.4 is 10.6 Å². The maximum Gasteiger partial charge on any atom is 0.238 e. The molecule has 6 nitrogen and oxygen atoms in total. The van der Waals surface area contributed by atoms with E-state index in [1.165, 1.54) is 0 Å². The third kappa shape index (κ3) is 5.43. The number of aryl methyl sites for hydroxylation is 1. The van der Waals surface area contributed by atoms with Gasteiger partial charge in [0.1, 0.15) is 0 Å². The van der Waals surface area contributed by atoms with Gasteiger partial charge in [0, 0.05) is 11.4 Å². The average molecular weight is 350 g/mol. The van der Waals surface area contributed by atoms with Gasteiger partial charge in [0.25, 0.3) is 0 Å². The van der Waals surface area contributed by atoms with Crippen molar-refractivity contribution in [1.82, 2.24) is 4.90 Å². The summed E-state index contributed by atoms with van der Waals surface area (Å²) in [4.78, 5) is 25.9. The van der Waals surface area contributed by atoms with Crippen LogP contribution in [0.2, 0.25) is 0 Å². The Morgan fingerprint density at radius 1 is 1.00 bits per heavy atom. The van der Waals surface area contributed by atoms with Crippen LogP contribution in [-0.2, 0) is 9.59 Å². The molecule has 0 atom stereocenters. The van der Waals surface area contributed by atoms with Crippen molar-refractivity contribution < 1.29 is 9.59 Å². The Labute approximate surface area is 153 Å². The van der Waals surface area contributed by atoms with Crippen molar-refractivity contribution in [3.63, 3.8) is 0 Å². The first kappa shape index (κ1) is 19.2. The van der Waals surface area contributed by atoms with E-state index in [2.05, 4.69) is 10.6 Å². The zero-order valence-electron chi connectivity index (χ0n) is 15.2. The lowest BCUT2D eigenvalue weighted by Crippen LogP contribution is -2.36. The molecule has 2 rings (SSSR count). The van der Waals surface area contributed by atoms with Crippen LogP contribution in [0.1, 0.15) is 16.7 Å². The molecule has 0 saturated carbocycles. The number of hydrogen-bond donors (Lipinski definition) is 2. The van der Waals surface area contributed by atoms with Gasteiger partial charge in [-0.25, -0.2) is 0 Å². The third-order valence-electron chi connectivity index (χ3n) is 4.00. The molecule has 0 aliphatic heterocycles. The molecule has 6 heteroatoms. The zero-order valence-corrected chi connectivity index (χ0v) is 15.2. The molecule has 2 aromatic rings. The third-order valence-corrected chi connectivity index (χ3v) is 4.00. The predicted octanol–water partition coefficient (Wildman–Crippen LogP) is 2.68. The summed E-state index contributed by atoms with van der Waals surface area (Å²) >= 11 is 0. The Kier molecular flexibility index (Phi) is 6.48. The number of hydrogen-bond acceptors (Lipinski definition) is 4. The largest absolute Gasteiger partial charge is 0.325 e. The van der Waals surface area contributed by atoms with Crippen LogP contribution in [0.15, 0.2) is 42.5 Å². The SMILES string of the molecule is Cc1cccc(NC(=O)CN(C)CC(=O)Nc2ccc(C#N)cc2)c1C. The summed E-state index contributed by atoms with van der Waals surface area (Å²) in [6, 6.07) is 14.4. The summed E-state index contributed by atoms with van der Waals surface area (Å²) in [6.07, 6.45) is 0. The van der Waals surface area contributed by atoms with E-state index in [1.54, 1.807) is 36.2 Å². The molecule has 0 aliphatic rings. The number of anilines is 2. The van der Waals surface area contributed by atoms with Crippen LogP contribution in [0.3, 0.4) is 0 Å². The Hall–Kier alpha value is -3.17. The monoisotopic (exact) mass is 350 g/mol. The normalized spacial score (nSPS) is 10.3. The first-order valence-corrected chi connectivity index (χ1v) is 8.23. The molecule has 0 unspecified atom stereocenters. The molecule has 0 saturated heterocycles. The molecule has 0 aromatic heterocycles. The minimum Gasteiger partial charge on any atom is -0.325 e. The number of rotatable bonds is 6. The second-order valence-electron chi connectivity index (χ2n) is 6.21. The molecular formula is C20H22N4O2. The van der Waals surface area contributed by atoms with Crippen LogP contribution in [0.5, 0.6) is 0 Å². The standard InChI is InChI=1S/C20H22N4O2/c1-14-5-4-6-18(15(14)2)23-20(26)13-24(3)12-19(25)22-17-9-7-16(11-21)8-10-17/h4-10H,12-13H2,1-3H3,(H,22,25)(H,23,26). The number of likely N-dealkylation sites (N-methyl/N-ethyl adjacent to an activating group) is 1. The topological polar surface area (TPSA) is 85.2 Å². The summed E-state index contributed by atoms with van der Waals surface area (Å²) in [5.74, 6) is -0.399. The number of nitriles is 1. The highest BCUT2D eigenvalue weighted by atomic mass is 16.2. The van der Waals surface area contributed by atoms with E-state index in [9.17, 15) is 9.59 Å². The molecule has 0 bridgehead atoms. The van der Waals surface area contributed by atoms with Gasteiger partial charge in [-0.2, -0.15) is 5.26 Å². The van der Waals surface area contributed by atoms with Gasteiger partial charge in [-0.1, -0.05) is 12.1 Å². The van der Waals surface area contributed by atoms with Crippen molar-refractivity contribution in [2.75, 3.05) is 30.8 Å². The van der Waals surface area contributed by atoms with E-state index in [0.717, 1.165) is 16.8 Å². The number of carbonyl (C=O) groups is 2. The van der Waals surface area contributed by atoms with Crippen molar-refractivity contribution in [1.29, 1.82) is 5.26 Å². The van der Waals surface area contributed by atoms with Crippen molar-refractivity contribution in [3.05, 3.63) is 59.2 Å². The Morgan fingerprint density at radius 2 is 1.62 bits per heavy atom. The molecule has 0 heterocycles. The van der Waals surface area contributed by atoms with Crippen LogP contribution in [0.4, 0.5) is 11.4 Å². The van der Waals surface area contributed by atoms with Crippen LogP contribution >= 0.6 is 0 Å². The molecule has 134 valence electrons. The summed E-state index contributed by atoms with van der Waals surface area (Å²) in [6.45, 7) is 4.14. The lowest BCUT2D eigenvalue weighted by Gasteiger charge is -2.17. The number of amides is 2. The van der Waals surface area contributed by atoms with Gasteiger partial charge >= 0.3 is 0 Å². The molecule has 0 radical (unpaired) electrons. The smallest absolute Gasteiger partial charge is 0.238 e. The van der Waals surface area contributed by atoms with Gasteiger partial charge in [-0.15, -0.1) is 0 Å². The molecule has 0 spiro atoms. The lowest BCUT2D eigenvalue weighted by atomic mass is 10.1. The highest BCUT2D eigenvalue weighted by Crippen LogP contribution is 2.17. The highest BCUT2D eigenvalue weighted by Gasteiger charge is 2.12. The van der Waals surface area contributed by atoms with Gasteiger partial charge in [0.2, 0.25) is 11.8 Å². The quantitative estimate of drug-likeness (QED) is 0.839. The van der Waals surface area contributed by atoms with Crippen molar-refractivity contribution in [2.24, 2.45) is 0 Å². The minimum atomic E-state index is -0.225. The number of benzene rings is 2. The molecule has 2 amide bonds. The van der Waals surface area contributed by atoms with E-state index < -0.39 is 0 Å². The highest BCUT2D eigenvalue weighted by molar-refractivity contribution is 5.95. The molecule has 0 aliphatic carbocycles. The summed E-state index contributed by atoms with van der Waals surface area (Å²) in [7, 11) is 1.71. The summed E-state index contributed by atoms with van der Waals surface area (Å²) in [5, 5.41) is 14.4. The molecular weight excluding hydrogens is 328 g/mol. The fraction of sp³-hybridized carbons (Fsp3) is 0.250. The second-order valence-corrected chi connectivity index (χ2v) is 6.21. The Bertz CT molecular complexity index is 838. The first-order valence-electron chi connectivity index (χ1n) is 8.23. The van der Waals surface area contributed by atoms with Gasteiger partial charge in [-0.3, -0.25) is 14.5 Å². The minimum absolute atomic E-state index is 0.0836. The fourth-order valence-electron chi connectivity index (χ4n) is 2.45. The average Bonchev–Trinajstić information content (AvgIpc) is 2.59. The molecule has 2 N–H and O–H groups in total. The zero-order chi connectivity index (χ0) is 19.1. The van der Waals surface area contributed by atoms with E-state index in [0.29, 0.717) is 11.3 Å². The second kappa shape index (κ2) is 8.79.